The van der Waals surface area contributed by atoms with Crippen LogP contribution < -0.4 is 4.57 Å². The second-order valence-corrected chi connectivity index (χ2v) is 9.99. The molecule has 0 bridgehead atoms. The molecule has 0 atom stereocenters. The minimum atomic E-state index is -2.35. The number of aryl methyl sites for hydroxylation is 2. The summed E-state index contributed by atoms with van der Waals surface area (Å²) < 4.78 is 66.7. The number of benzene rings is 3. The van der Waals surface area contributed by atoms with E-state index in [4.69, 9.17) is 14.0 Å². The Labute approximate surface area is 218 Å². The highest BCUT2D eigenvalue weighted by Crippen LogP contribution is 2.55. The first-order chi connectivity index (χ1) is 19.5. The van der Waals surface area contributed by atoms with Crippen LogP contribution in [0.5, 0.6) is 0 Å². The molecule has 2 nitrogen and oxygen atoms in total. The zero-order chi connectivity index (χ0) is 30.4. The van der Waals surface area contributed by atoms with E-state index in [0.29, 0.717) is 22.3 Å². The predicted octanol–water partition coefficient (Wildman–Crippen LogP) is 8.60. The van der Waals surface area contributed by atoms with Gasteiger partial charge in [-0.1, -0.05) is 76.1 Å². The Balaban J connectivity index is 1.70. The lowest BCUT2D eigenvalue weighted by atomic mass is 9.74. The van der Waals surface area contributed by atoms with Crippen molar-refractivity contribution in [2.45, 2.75) is 58.6 Å². The average Bonchev–Trinajstić information content (AvgIpc) is 3.36. The van der Waals surface area contributed by atoms with Gasteiger partial charge < -0.3 is 4.42 Å². The maximum absolute atomic E-state index is 8.61. The third-order valence-corrected chi connectivity index (χ3v) is 7.83. The van der Waals surface area contributed by atoms with Gasteiger partial charge >= 0.3 is 0 Å². The zero-order valence-electron chi connectivity index (χ0n) is 27.6. The molecule has 2 heteroatoms. The molecule has 0 unspecified atom stereocenters. The van der Waals surface area contributed by atoms with Crippen LogP contribution in [0.25, 0.3) is 44.3 Å². The quantitative estimate of drug-likeness (QED) is 0.242. The Bertz CT molecular complexity index is 1860. The molecule has 0 saturated carbocycles. The molecule has 5 aromatic rings. The molecule has 3 aromatic carbocycles. The summed E-state index contributed by atoms with van der Waals surface area (Å²) in [6, 6.07) is 19.5. The first-order valence-electron chi connectivity index (χ1n) is 15.6. The van der Waals surface area contributed by atoms with E-state index < -0.39 is 25.0 Å². The van der Waals surface area contributed by atoms with E-state index in [-0.39, 0.29) is 12.8 Å². The van der Waals surface area contributed by atoms with Crippen molar-refractivity contribution in [1.82, 2.24) is 0 Å². The summed E-state index contributed by atoms with van der Waals surface area (Å²) in [7, 11) is 1.98. The van der Waals surface area contributed by atoms with Crippen molar-refractivity contribution in [2.24, 2.45) is 7.05 Å². The number of hydrogen-bond donors (Lipinski definition) is 0. The molecule has 0 N–H and O–H groups in total. The van der Waals surface area contributed by atoms with Gasteiger partial charge in [0.05, 0.1) is 5.56 Å². The highest BCUT2D eigenvalue weighted by molar-refractivity contribution is 6.14. The highest BCUT2D eigenvalue weighted by Gasteiger charge is 2.42. The second kappa shape index (κ2) is 7.81. The molecule has 2 heterocycles. The van der Waals surface area contributed by atoms with Crippen LogP contribution in [0.1, 0.15) is 78.1 Å². The summed E-state index contributed by atoms with van der Waals surface area (Å²) >= 11 is 0. The van der Waals surface area contributed by atoms with Gasteiger partial charge in [-0.3, -0.25) is 0 Å². The Kier molecular flexibility index (Phi) is 3.48. The Hall–Kier alpha value is -3.39. The normalized spacial score (nSPS) is 18.1. The van der Waals surface area contributed by atoms with E-state index in [1.807, 2.05) is 93.2 Å². The third-order valence-electron chi connectivity index (χ3n) is 7.83. The molecule has 35 heavy (non-hydrogen) atoms. The van der Waals surface area contributed by atoms with E-state index in [2.05, 4.69) is 6.07 Å². The van der Waals surface area contributed by atoms with Crippen molar-refractivity contribution in [1.29, 1.82) is 0 Å². The van der Waals surface area contributed by atoms with Crippen molar-refractivity contribution < 1.29 is 18.6 Å². The fourth-order valence-corrected chi connectivity index (χ4v) is 5.82. The highest BCUT2D eigenvalue weighted by atomic mass is 16.3. The van der Waals surface area contributed by atoms with Gasteiger partial charge in [-0.15, -0.1) is 0 Å². The molecular weight excluding hydrogens is 426 g/mol. The fraction of sp³-hybridized carbons (Fsp3) is 0.303. The third kappa shape index (κ3) is 2.92. The van der Waals surface area contributed by atoms with Crippen LogP contribution in [-0.2, 0) is 12.5 Å². The standard InChI is InChI=1S/C33H34NO/c1-7-33(8-2)26-12-10-9-11-25(26)30-27(33)16-15-24-23-14-13-21(5)29(31(23)35-32(24)30)28-19-22(20(3)4)17-18-34(28)6/h9-20H,7-8H2,1-6H3/q+1/i1D3,2D3,20D. The maximum atomic E-state index is 8.61. The Morgan fingerprint density at radius 3 is 2.37 bits per heavy atom. The number of hydrogen-bond acceptors (Lipinski definition) is 1. The number of nitrogens with zero attached hydrogens (tertiary/aromatic N) is 1. The average molecular weight is 468 g/mol. The SMILES string of the molecule is [2H]C([2H])([2H])CC1(CC([2H])([2H])[2H])c2ccccc2-c2c1ccc1c2oc2c(-c3cc(C([2H])(C)C)cc[n+]3C)c(C)ccc21. The van der Waals surface area contributed by atoms with Crippen LogP contribution >= 0.6 is 0 Å². The summed E-state index contributed by atoms with van der Waals surface area (Å²) in [5.74, 6) is -0.780. The molecule has 0 spiro atoms. The smallest absolute Gasteiger partial charge is 0.216 e. The first kappa shape index (κ1) is 15.6. The van der Waals surface area contributed by atoms with Gasteiger partial charge in [-0.25, -0.2) is 4.57 Å². The van der Waals surface area contributed by atoms with Gasteiger partial charge in [0.15, 0.2) is 6.20 Å². The monoisotopic (exact) mass is 467 g/mol. The molecule has 0 amide bonds. The summed E-state index contributed by atoms with van der Waals surface area (Å²) in [6.45, 7) is 1.08. The minimum absolute atomic E-state index is 0.288. The van der Waals surface area contributed by atoms with Crippen LogP contribution in [0.3, 0.4) is 0 Å². The minimum Gasteiger partial charge on any atom is -0.454 e. The van der Waals surface area contributed by atoms with E-state index in [1.165, 1.54) is 0 Å². The van der Waals surface area contributed by atoms with E-state index in [0.717, 1.165) is 44.3 Å². The molecule has 6 rings (SSSR count). The molecule has 0 radical (unpaired) electrons. The molecule has 2 aromatic heterocycles. The summed E-state index contributed by atoms with van der Waals surface area (Å²) in [6.07, 6.45) is 1.39. The van der Waals surface area contributed by atoms with Crippen molar-refractivity contribution in [3.8, 4) is 22.4 Å². The van der Waals surface area contributed by atoms with Crippen molar-refractivity contribution in [2.75, 3.05) is 0 Å². The molecule has 1 aliphatic carbocycles. The molecular formula is C33H34NO+. The maximum Gasteiger partial charge on any atom is 0.216 e. The van der Waals surface area contributed by atoms with Gasteiger partial charge in [0.1, 0.15) is 18.2 Å². The van der Waals surface area contributed by atoms with Gasteiger partial charge in [-0.2, -0.15) is 0 Å². The van der Waals surface area contributed by atoms with Crippen LogP contribution in [0.4, 0.5) is 0 Å². The lowest BCUT2D eigenvalue weighted by molar-refractivity contribution is -0.660. The van der Waals surface area contributed by atoms with Crippen molar-refractivity contribution in [3.63, 3.8) is 0 Å². The Morgan fingerprint density at radius 2 is 1.63 bits per heavy atom. The summed E-state index contributed by atoms with van der Waals surface area (Å²) in [5, 5.41) is 1.81. The number of fused-ring (bicyclic) bond motifs is 7. The second-order valence-electron chi connectivity index (χ2n) is 9.99. The molecule has 1 aliphatic rings. The van der Waals surface area contributed by atoms with Gasteiger partial charge in [0.2, 0.25) is 5.69 Å². The summed E-state index contributed by atoms with van der Waals surface area (Å²) in [4.78, 5) is 0. The fourth-order valence-electron chi connectivity index (χ4n) is 5.82. The molecule has 0 saturated heterocycles. The van der Waals surface area contributed by atoms with E-state index >= 15 is 0 Å². The lowest BCUT2D eigenvalue weighted by Crippen LogP contribution is -2.31. The predicted molar refractivity (Wildman–Crippen MR) is 146 cm³/mol. The number of aromatic nitrogens is 1. The molecule has 176 valence electrons. The van der Waals surface area contributed by atoms with E-state index in [9.17, 15) is 0 Å². The molecule has 0 aliphatic heterocycles. The number of rotatable bonds is 4. The van der Waals surface area contributed by atoms with Gasteiger partial charge in [-0.05, 0) is 53.5 Å². The number of pyridine rings is 1. The van der Waals surface area contributed by atoms with Crippen LogP contribution in [0.15, 0.2) is 71.3 Å². The van der Waals surface area contributed by atoms with Crippen LogP contribution in [-0.4, -0.2) is 0 Å². The van der Waals surface area contributed by atoms with Crippen LogP contribution in [0.2, 0.25) is 0 Å². The van der Waals surface area contributed by atoms with Gasteiger partial charge in [0, 0.05) is 43.5 Å². The first-order valence-corrected chi connectivity index (χ1v) is 12.1. The van der Waals surface area contributed by atoms with E-state index in [1.54, 1.807) is 0 Å². The summed E-state index contributed by atoms with van der Waals surface area (Å²) in [5.41, 5.74) is 6.85. The molecule has 0 fully saturated rings. The topological polar surface area (TPSA) is 17.0 Å². The Morgan fingerprint density at radius 1 is 0.914 bits per heavy atom. The van der Waals surface area contributed by atoms with Crippen molar-refractivity contribution >= 4 is 21.9 Å². The van der Waals surface area contributed by atoms with Crippen LogP contribution in [0, 0.1) is 6.92 Å². The largest absolute Gasteiger partial charge is 0.454 e. The zero-order valence-corrected chi connectivity index (χ0v) is 20.6. The van der Waals surface area contributed by atoms with Crippen molar-refractivity contribution in [3.05, 3.63) is 89.1 Å². The lowest BCUT2D eigenvalue weighted by Gasteiger charge is -2.29. The number of furan rings is 1. The van der Waals surface area contributed by atoms with Gasteiger partial charge in [0.25, 0.3) is 0 Å².